The number of para-hydroxylation sites is 1. The molecule has 21 heavy (non-hydrogen) atoms. The van der Waals surface area contributed by atoms with Crippen LogP contribution in [0, 0.1) is 12.7 Å². The third-order valence-electron chi connectivity index (χ3n) is 3.17. The molecule has 0 fully saturated rings. The smallest absolute Gasteiger partial charge is 0.338 e. The van der Waals surface area contributed by atoms with Gasteiger partial charge in [-0.3, -0.25) is 0 Å². The first-order chi connectivity index (χ1) is 10.0. The number of benzene rings is 2. The Kier molecular flexibility index (Phi) is 4.42. The second-order valence-corrected chi connectivity index (χ2v) is 4.56. The van der Waals surface area contributed by atoms with E-state index in [4.69, 9.17) is 15.2 Å². The van der Waals surface area contributed by atoms with Gasteiger partial charge in [-0.15, -0.1) is 0 Å². The van der Waals surface area contributed by atoms with Gasteiger partial charge in [0, 0.05) is 16.8 Å². The number of hydrogen-bond donors (Lipinski definition) is 1. The Bertz CT molecular complexity index is 647. The monoisotopic (exact) mass is 289 g/mol. The lowest BCUT2D eigenvalue weighted by Gasteiger charge is -2.10. The average Bonchev–Trinajstić information content (AvgIpc) is 2.49. The second-order valence-electron chi connectivity index (χ2n) is 4.56. The highest BCUT2D eigenvalue weighted by atomic mass is 19.1. The van der Waals surface area contributed by atoms with Crippen molar-refractivity contribution < 1.29 is 18.7 Å². The van der Waals surface area contributed by atoms with Crippen LogP contribution in [-0.2, 0) is 11.3 Å². The predicted molar refractivity (Wildman–Crippen MR) is 77.7 cm³/mol. The maximum atomic E-state index is 13.6. The number of carbonyl (C=O) groups is 1. The summed E-state index contributed by atoms with van der Waals surface area (Å²) < 4.78 is 23.9. The van der Waals surface area contributed by atoms with Gasteiger partial charge in [0.1, 0.15) is 18.2 Å². The molecule has 0 aliphatic heterocycles. The zero-order valence-electron chi connectivity index (χ0n) is 11.9. The van der Waals surface area contributed by atoms with Crippen LogP contribution in [0.2, 0.25) is 0 Å². The van der Waals surface area contributed by atoms with Crippen molar-refractivity contribution in [2.45, 2.75) is 13.5 Å². The fraction of sp³-hybridized carbons (Fsp3) is 0.188. The number of halogens is 1. The topological polar surface area (TPSA) is 61.5 Å². The van der Waals surface area contributed by atoms with Crippen LogP contribution in [0.15, 0.2) is 36.4 Å². The van der Waals surface area contributed by atoms with Crippen molar-refractivity contribution >= 4 is 11.7 Å². The molecule has 0 spiro atoms. The van der Waals surface area contributed by atoms with E-state index in [9.17, 15) is 9.18 Å². The zero-order chi connectivity index (χ0) is 15.4. The minimum Gasteiger partial charge on any atom is -0.496 e. The molecule has 0 bridgehead atoms. The molecule has 110 valence electrons. The molecule has 2 aromatic rings. The van der Waals surface area contributed by atoms with Crippen molar-refractivity contribution in [2.75, 3.05) is 12.8 Å². The van der Waals surface area contributed by atoms with Crippen LogP contribution in [0.4, 0.5) is 10.1 Å². The molecule has 5 heteroatoms. The van der Waals surface area contributed by atoms with E-state index in [1.807, 2.05) is 12.1 Å². The average molecular weight is 289 g/mol. The number of ether oxygens (including phenoxy) is 2. The Hall–Kier alpha value is -2.56. The van der Waals surface area contributed by atoms with Gasteiger partial charge in [0.15, 0.2) is 0 Å². The number of nitrogens with two attached hydrogens (primary N) is 1. The molecule has 0 saturated heterocycles. The number of anilines is 1. The van der Waals surface area contributed by atoms with Gasteiger partial charge in [0.2, 0.25) is 0 Å². The van der Waals surface area contributed by atoms with Gasteiger partial charge in [-0.25, -0.2) is 9.18 Å². The van der Waals surface area contributed by atoms with Gasteiger partial charge in [0.25, 0.3) is 0 Å². The first-order valence-corrected chi connectivity index (χ1v) is 6.37. The third kappa shape index (κ3) is 3.31. The zero-order valence-corrected chi connectivity index (χ0v) is 11.9. The first-order valence-electron chi connectivity index (χ1n) is 6.37. The van der Waals surface area contributed by atoms with Crippen molar-refractivity contribution in [1.29, 1.82) is 0 Å². The lowest BCUT2D eigenvalue weighted by atomic mass is 10.1. The van der Waals surface area contributed by atoms with Crippen molar-refractivity contribution in [1.82, 2.24) is 0 Å². The minimum atomic E-state index is -0.633. The summed E-state index contributed by atoms with van der Waals surface area (Å²) in [7, 11) is 1.54. The number of nitrogen functional groups attached to an aromatic ring is 1. The van der Waals surface area contributed by atoms with Crippen LogP contribution in [-0.4, -0.2) is 13.1 Å². The maximum Gasteiger partial charge on any atom is 0.338 e. The Labute approximate surface area is 122 Å². The van der Waals surface area contributed by atoms with Gasteiger partial charge in [0.05, 0.1) is 12.7 Å². The standard InChI is InChI=1S/C16H16FNO3/c1-10-13(17)7-12(8-14(10)18)16(19)21-9-11-5-3-4-6-15(11)20-2/h3-8H,9,18H2,1-2H3. The highest BCUT2D eigenvalue weighted by Gasteiger charge is 2.13. The molecule has 0 heterocycles. The molecule has 0 amide bonds. The van der Waals surface area contributed by atoms with E-state index in [0.717, 1.165) is 11.6 Å². The third-order valence-corrected chi connectivity index (χ3v) is 3.17. The van der Waals surface area contributed by atoms with E-state index < -0.39 is 11.8 Å². The Morgan fingerprint density at radius 2 is 2.00 bits per heavy atom. The largest absolute Gasteiger partial charge is 0.496 e. The van der Waals surface area contributed by atoms with Crippen molar-refractivity contribution in [2.24, 2.45) is 0 Å². The van der Waals surface area contributed by atoms with Crippen LogP contribution in [0.5, 0.6) is 5.75 Å². The Morgan fingerprint density at radius 3 is 2.67 bits per heavy atom. The van der Waals surface area contributed by atoms with Crippen molar-refractivity contribution in [3.8, 4) is 5.75 Å². The van der Waals surface area contributed by atoms with Crippen LogP contribution in [0.25, 0.3) is 0 Å². The van der Waals surface area contributed by atoms with E-state index in [1.54, 1.807) is 19.1 Å². The minimum absolute atomic E-state index is 0.0399. The second kappa shape index (κ2) is 6.26. The van der Waals surface area contributed by atoms with Crippen LogP contribution in [0.3, 0.4) is 0 Å². The lowest BCUT2D eigenvalue weighted by Crippen LogP contribution is -2.08. The van der Waals surface area contributed by atoms with E-state index in [1.165, 1.54) is 13.2 Å². The molecule has 0 unspecified atom stereocenters. The number of methoxy groups -OCH3 is 1. The molecule has 2 aromatic carbocycles. The highest BCUT2D eigenvalue weighted by Crippen LogP contribution is 2.21. The quantitative estimate of drug-likeness (QED) is 0.694. The van der Waals surface area contributed by atoms with Crippen molar-refractivity contribution in [3.05, 3.63) is 58.9 Å². The molecule has 0 aliphatic carbocycles. The van der Waals surface area contributed by atoms with E-state index in [-0.39, 0.29) is 17.9 Å². The molecule has 4 nitrogen and oxygen atoms in total. The summed E-state index contributed by atoms with van der Waals surface area (Å²) in [5, 5.41) is 0. The summed E-state index contributed by atoms with van der Waals surface area (Å²) in [6.07, 6.45) is 0. The van der Waals surface area contributed by atoms with Gasteiger partial charge in [-0.2, -0.15) is 0 Å². The number of carbonyl (C=O) groups excluding carboxylic acids is 1. The predicted octanol–water partition coefficient (Wildman–Crippen LogP) is 3.08. The molecule has 0 aliphatic rings. The van der Waals surface area contributed by atoms with Crippen LogP contribution in [0.1, 0.15) is 21.5 Å². The molecule has 0 atom stereocenters. The summed E-state index contributed by atoms with van der Waals surface area (Å²) in [6, 6.07) is 9.72. The van der Waals surface area contributed by atoms with E-state index in [2.05, 4.69) is 0 Å². The summed E-state index contributed by atoms with van der Waals surface area (Å²) in [6.45, 7) is 1.59. The van der Waals surface area contributed by atoms with Crippen LogP contribution < -0.4 is 10.5 Å². The molecule has 2 N–H and O–H groups in total. The lowest BCUT2D eigenvalue weighted by molar-refractivity contribution is 0.0469. The van der Waals surface area contributed by atoms with Crippen molar-refractivity contribution in [3.63, 3.8) is 0 Å². The van der Waals surface area contributed by atoms with Crippen LogP contribution >= 0.6 is 0 Å². The summed E-state index contributed by atoms with van der Waals surface area (Å²) in [5.74, 6) is -0.536. The fourth-order valence-electron chi connectivity index (χ4n) is 1.87. The SMILES string of the molecule is COc1ccccc1COC(=O)c1cc(N)c(C)c(F)c1. The molecule has 0 radical (unpaired) electrons. The van der Waals surface area contributed by atoms with Gasteiger partial charge < -0.3 is 15.2 Å². The normalized spacial score (nSPS) is 10.2. The molecular formula is C16H16FNO3. The number of hydrogen-bond acceptors (Lipinski definition) is 4. The van der Waals surface area contributed by atoms with E-state index >= 15 is 0 Å². The Morgan fingerprint density at radius 1 is 1.29 bits per heavy atom. The Balaban J connectivity index is 2.12. The summed E-state index contributed by atoms with van der Waals surface area (Å²) >= 11 is 0. The number of esters is 1. The van der Waals surface area contributed by atoms with E-state index in [0.29, 0.717) is 11.3 Å². The fourth-order valence-corrected chi connectivity index (χ4v) is 1.87. The maximum absolute atomic E-state index is 13.6. The molecule has 2 rings (SSSR count). The number of rotatable bonds is 4. The van der Waals surface area contributed by atoms with Gasteiger partial charge >= 0.3 is 5.97 Å². The molecule has 0 saturated carbocycles. The first kappa shape index (κ1) is 14.8. The summed E-state index contributed by atoms with van der Waals surface area (Å²) in [4.78, 5) is 11.9. The highest BCUT2D eigenvalue weighted by molar-refractivity contribution is 5.90. The van der Waals surface area contributed by atoms with Gasteiger partial charge in [-0.1, -0.05) is 18.2 Å². The molecular weight excluding hydrogens is 273 g/mol. The summed E-state index contributed by atoms with van der Waals surface area (Å²) in [5.41, 5.74) is 7.00. The van der Waals surface area contributed by atoms with Gasteiger partial charge in [-0.05, 0) is 25.1 Å². The molecule has 0 aromatic heterocycles.